The van der Waals surface area contributed by atoms with Crippen LogP contribution in [0.25, 0.3) is 0 Å². The predicted octanol–water partition coefficient (Wildman–Crippen LogP) is 2.77. The standard InChI is InChI=1S/C15H18N2O/c1-11-4-3-7-17(10-11)15-8-13(9-16)5-6-14(15)12(2)18/h4-6,8,12,18H,3,7,10H2,1-2H3. The van der Waals surface area contributed by atoms with E-state index in [0.717, 1.165) is 30.8 Å². The number of rotatable bonds is 2. The Kier molecular flexibility index (Phi) is 3.69. The summed E-state index contributed by atoms with van der Waals surface area (Å²) >= 11 is 0. The molecule has 0 radical (unpaired) electrons. The van der Waals surface area contributed by atoms with Crippen LogP contribution in [-0.4, -0.2) is 18.2 Å². The number of anilines is 1. The average Bonchev–Trinajstić information content (AvgIpc) is 2.38. The van der Waals surface area contributed by atoms with Crippen LogP contribution in [0.2, 0.25) is 0 Å². The number of hydrogen-bond donors (Lipinski definition) is 1. The molecule has 1 atom stereocenters. The maximum absolute atomic E-state index is 9.84. The van der Waals surface area contributed by atoms with Crippen LogP contribution in [0.15, 0.2) is 29.8 Å². The minimum atomic E-state index is -0.515. The molecule has 2 rings (SSSR count). The summed E-state index contributed by atoms with van der Waals surface area (Å²) in [7, 11) is 0. The molecule has 1 heterocycles. The SMILES string of the molecule is CC1=CCCN(c2cc(C#N)ccc2C(C)O)C1. The molecule has 0 saturated carbocycles. The smallest absolute Gasteiger partial charge is 0.0992 e. The molecule has 1 aliphatic heterocycles. The summed E-state index contributed by atoms with van der Waals surface area (Å²) < 4.78 is 0. The first kappa shape index (κ1) is 12.7. The van der Waals surface area contributed by atoms with Gasteiger partial charge in [0, 0.05) is 24.3 Å². The maximum Gasteiger partial charge on any atom is 0.0992 e. The Labute approximate surface area is 108 Å². The van der Waals surface area contributed by atoms with Gasteiger partial charge >= 0.3 is 0 Å². The van der Waals surface area contributed by atoms with Crippen LogP contribution in [0, 0.1) is 11.3 Å². The Bertz CT molecular complexity index is 512. The third kappa shape index (κ3) is 2.55. The van der Waals surface area contributed by atoms with Crippen LogP contribution >= 0.6 is 0 Å². The van der Waals surface area contributed by atoms with Crippen molar-refractivity contribution in [1.29, 1.82) is 5.26 Å². The minimum Gasteiger partial charge on any atom is -0.389 e. The van der Waals surface area contributed by atoms with E-state index >= 15 is 0 Å². The highest BCUT2D eigenvalue weighted by Crippen LogP contribution is 2.29. The number of nitrogens with zero attached hydrogens (tertiary/aromatic N) is 2. The molecule has 1 aromatic carbocycles. The van der Waals surface area contributed by atoms with Crippen molar-refractivity contribution in [2.45, 2.75) is 26.4 Å². The second-order valence-corrected chi connectivity index (χ2v) is 4.82. The van der Waals surface area contributed by atoms with E-state index in [1.165, 1.54) is 5.57 Å². The van der Waals surface area contributed by atoms with Gasteiger partial charge in [-0.2, -0.15) is 5.26 Å². The van der Waals surface area contributed by atoms with Crippen LogP contribution < -0.4 is 4.90 Å². The molecule has 18 heavy (non-hydrogen) atoms. The topological polar surface area (TPSA) is 47.3 Å². The normalized spacial score (nSPS) is 17.0. The second kappa shape index (κ2) is 5.24. The van der Waals surface area contributed by atoms with Crippen LogP contribution in [0.1, 0.15) is 37.5 Å². The van der Waals surface area contributed by atoms with Gasteiger partial charge in [0.15, 0.2) is 0 Å². The van der Waals surface area contributed by atoms with Gasteiger partial charge in [0.2, 0.25) is 0 Å². The summed E-state index contributed by atoms with van der Waals surface area (Å²) in [5.41, 5.74) is 3.85. The van der Waals surface area contributed by atoms with E-state index in [9.17, 15) is 5.11 Å². The third-order valence-corrected chi connectivity index (χ3v) is 3.28. The predicted molar refractivity (Wildman–Crippen MR) is 72.4 cm³/mol. The molecule has 1 unspecified atom stereocenters. The number of aliphatic hydroxyl groups excluding tert-OH is 1. The zero-order valence-corrected chi connectivity index (χ0v) is 10.8. The number of nitriles is 1. The fraction of sp³-hybridized carbons (Fsp3) is 0.400. The highest BCUT2D eigenvalue weighted by Gasteiger charge is 2.17. The van der Waals surface area contributed by atoms with Crippen LogP contribution in [-0.2, 0) is 0 Å². The molecule has 0 aromatic heterocycles. The van der Waals surface area contributed by atoms with Crippen molar-refractivity contribution in [3.63, 3.8) is 0 Å². The summed E-state index contributed by atoms with van der Waals surface area (Å²) in [6.07, 6.45) is 2.74. The molecule has 1 aliphatic rings. The molecular formula is C15H18N2O. The quantitative estimate of drug-likeness (QED) is 0.811. The zero-order valence-electron chi connectivity index (χ0n) is 10.8. The molecule has 0 amide bonds. The summed E-state index contributed by atoms with van der Waals surface area (Å²) in [4.78, 5) is 2.23. The van der Waals surface area contributed by atoms with Gasteiger partial charge in [-0.25, -0.2) is 0 Å². The molecule has 3 nitrogen and oxygen atoms in total. The highest BCUT2D eigenvalue weighted by molar-refractivity contribution is 5.59. The fourth-order valence-electron chi connectivity index (χ4n) is 2.36. The molecule has 0 aliphatic carbocycles. The van der Waals surface area contributed by atoms with Crippen molar-refractivity contribution in [3.05, 3.63) is 41.0 Å². The van der Waals surface area contributed by atoms with Gasteiger partial charge in [-0.05, 0) is 32.4 Å². The third-order valence-electron chi connectivity index (χ3n) is 3.28. The first-order chi connectivity index (χ1) is 8.61. The van der Waals surface area contributed by atoms with Gasteiger partial charge in [-0.1, -0.05) is 17.7 Å². The average molecular weight is 242 g/mol. The van der Waals surface area contributed by atoms with Crippen LogP contribution in [0.3, 0.4) is 0 Å². The van der Waals surface area contributed by atoms with Crippen molar-refractivity contribution in [2.75, 3.05) is 18.0 Å². The van der Waals surface area contributed by atoms with Gasteiger partial charge in [-0.15, -0.1) is 0 Å². The Morgan fingerprint density at radius 3 is 2.83 bits per heavy atom. The van der Waals surface area contributed by atoms with E-state index in [1.54, 1.807) is 13.0 Å². The molecule has 0 saturated heterocycles. The summed E-state index contributed by atoms with van der Waals surface area (Å²) in [6.45, 7) is 5.68. The van der Waals surface area contributed by atoms with E-state index in [1.807, 2.05) is 12.1 Å². The van der Waals surface area contributed by atoms with E-state index in [-0.39, 0.29) is 0 Å². The van der Waals surface area contributed by atoms with E-state index in [0.29, 0.717) is 5.56 Å². The van der Waals surface area contributed by atoms with Gasteiger partial charge in [0.05, 0.1) is 17.7 Å². The first-order valence-corrected chi connectivity index (χ1v) is 6.24. The first-order valence-electron chi connectivity index (χ1n) is 6.24. The summed E-state index contributed by atoms with van der Waals surface area (Å²) in [5.74, 6) is 0. The Hall–Kier alpha value is -1.79. The highest BCUT2D eigenvalue weighted by atomic mass is 16.3. The van der Waals surface area contributed by atoms with Crippen molar-refractivity contribution in [1.82, 2.24) is 0 Å². The van der Waals surface area contributed by atoms with Gasteiger partial charge in [0.1, 0.15) is 0 Å². The molecule has 94 valence electrons. The lowest BCUT2D eigenvalue weighted by Gasteiger charge is -2.31. The summed E-state index contributed by atoms with van der Waals surface area (Å²) in [5, 5.41) is 18.8. The second-order valence-electron chi connectivity index (χ2n) is 4.82. The van der Waals surface area contributed by atoms with Crippen molar-refractivity contribution in [2.24, 2.45) is 0 Å². The lowest BCUT2D eigenvalue weighted by Crippen LogP contribution is -2.30. The monoisotopic (exact) mass is 242 g/mol. The van der Waals surface area contributed by atoms with Crippen molar-refractivity contribution in [3.8, 4) is 6.07 Å². The Morgan fingerprint density at radius 1 is 1.44 bits per heavy atom. The lowest BCUT2D eigenvalue weighted by molar-refractivity contribution is 0.199. The van der Waals surface area contributed by atoms with E-state index < -0.39 is 6.10 Å². The Balaban J connectivity index is 2.41. The molecule has 0 bridgehead atoms. The number of aliphatic hydroxyl groups is 1. The molecular weight excluding hydrogens is 224 g/mol. The number of hydrogen-bond acceptors (Lipinski definition) is 3. The fourth-order valence-corrected chi connectivity index (χ4v) is 2.36. The van der Waals surface area contributed by atoms with Gasteiger partial charge < -0.3 is 10.0 Å². The molecule has 0 fully saturated rings. The van der Waals surface area contributed by atoms with Crippen molar-refractivity contribution >= 4 is 5.69 Å². The largest absolute Gasteiger partial charge is 0.389 e. The maximum atomic E-state index is 9.84. The minimum absolute atomic E-state index is 0.515. The number of benzene rings is 1. The van der Waals surface area contributed by atoms with Gasteiger partial charge in [0.25, 0.3) is 0 Å². The molecule has 3 heteroatoms. The molecule has 1 N–H and O–H groups in total. The van der Waals surface area contributed by atoms with E-state index in [2.05, 4.69) is 24.0 Å². The van der Waals surface area contributed by atoms with Crippen LogP contribution in [0.5, 0.6) is 0 Å². The molecule has 1 aromatic rings. The van der Waals surface area contributed by atoms with E-state index in [4.69, 9.17) is 5.26 Å². The van der Waals surface area contributed by atoms with Gasteiger partial charge in [-0.3, -0.25) is 0 Å². The zero-order chi connectivity index (χ0) is 13.1. The summed E-state index contributed by atoms with van der Waals surface area (Å²) in [6, 6.07) is 7.65. The van der Waals surface area contributed by atoms with Crippen LogP contribution in [0.4, 0.5) is 5.69 Å². The van der Waals surface area contributed by atoms with Crippen molar-refractivity contribution < 1.29 is 5.11 Å². The lowest BCUT2D eigenvalue weighted by atomic mass is 10.0. The molecule has 0 spiro atoms. The Morgan fingerprint density at radius 2 is 2.22 bits per heavy atom.